The molecule has 0 amide bonds. The molecule has 19 heavy (non-hydrogen) atoms. The Morgan fingerprint density at radius 1 is 1.21 bits per heavy atom. The van der Waals surface area contributed by atoms with Gasteiger partial charge >= 0.3 is 0 Å². The van der Waals surface area contributed by atoms with E-state index in [0.29, 0.717) is 0 Å². The van der Waals surface area contributed by atoms with Crippen molar-refractivity contribution in [2.45, 2.75) is 33.7 Å². The zero-order valence-corrected chi connectivity index (χ0v) is 11.9. The number of aryl methyl sites for hydroxylation is 4. The molecular formula is C15H22N4. The van der Waals surface area contributed by atoms with Gasteiger partial charge in [0.1, 0.15) is 0 Å². The molecule has 0 spiro atoms. The van der Waals surface area contributed by atoms with Crippen LogP contribution in [0.15, 0.2) is 24.3 Å². The van der Waals surface area contributed by atoms with Crippen molar-refractivity contribution < 1.29 is 0 Å². The van der Waals surface area contributed by atoms with Gasteiger partial charge in [-0.25, -0.2) is 0 Å². The van der Waals surface area contributed by atoms with Gasteiger partial charge in [-0.15, -0.1) is 0 Å². The second kappa shape index (κ2) is 5.78. The Hall–Kier alpha value is -1.97. The van der Waals surface area contributed by atoms with Crippen molar-refractivity contribution in [3.63, 3.8) is 0 Å². The van der Waals surface area contributed by atoms with E-state index < -0.39 is 0 Å². The van der Waals surface area contributed by atoms with Gasteiger partial charge in [-0.05, 0) is 51.0 Å². The molecule has 1 heterocycles. The topological polar surface area (TPSA) is 55.9 Å². The normalized spacial score (nSPS) is 10.7. The molecule has 0 unspecified atom stereocenters. The summed E-state index contributed by atoms with van der Waals surface area (Å²) >= 11 is 0. The highest BCUT2D eigenvalue weighted by atomic mass is 15.3. The predicted octanol–water partition coefficient (Wildman–Crippen LogP) is 2.89. The molecule has 0 aliphatic rings. The third kappa shape index (κ3) is 3.50. The van der Waals surface area contributed by atoms with Crippen LogP contribution in [0.5, 0.6) is 0 Å². The van der Waals surface area contributed by atoms with E-state index in [0.717, 1.165) is 36.6 Å². The maximum Gasteiger partial charge on any atom is 0.0596 e. The van der Waals surface area contributed by atoms with Crippen molar-refractivity contribution in [3.05, 3.63) is 41.2 Å². The maximum absolute atomic E-state index is 5.96. The Kier molecular flexibility index (Phi) is 4.10. The zero-order chi connectivity index (χ0) is 13.8. The van der Waals surface area contributed by atoms with E-state index in [1.165, 1.54) is 11.3 Å². The Balaban J connectivity index is 1.82. The van der Waals surface area contributed by atoms with Crippen molar-refractivity contribution in [3.8, 4) is 0 Å². The first-order valence-electron chi connectivity index (χ1n) is 6.67. The van der Waals surface area contributed by atoms with Gasteiger partial charge in [-0.1, -0.05) is 6.07 Å². The van der Waals surface area contributed by atoms with Gasteiger partial charge < -0.3 is 11.1 Å². The van der Waals surface area contributed by atoms with E-state index in [1.54, 1.807) is 0 Å². The van der Waals surface area contributed by atoms with Crippen LogP contribution in [0, 0.1) is 20.8 Å². The fraction of sp³-hybridized carbons (Fsp3) is 0.400. The number of nitrogens with zero attached hydrogens (tertiary/aromatic N) is 2. The summed E-state index contributed by atoms with van der Waals surface area (Å²) in [4.78, 5) is 0. The Labute approximate surface area is 114 Å². The number of nitrogen functional groups attached to an aromatic ring is 1. The van der Waals surface area contributed by atoms with Gasteiger partial charge in [0.2, 0.25) is 0 Å². The Morgan fingerprint density at radius 2 is 2.00 bits per heavy atom. The first-order valence-corrected chi connectivity index (χ1v) is 6.67. The molecule has 1 aromatic carbocycles. The van der Waals surface area contributed by atoms with Crippen LogP contribution in [0.3, 0.4) is 0 Å². The number of benzene rings is 1. The van der Waals surface area contributed by atoms with Crippen molar-refractivity contribution in [1.29, 1.82) is 0 Å². The summed E-state index contributed by atoms with van der Waals surface area (Å²) in [7, 11) is 0. The lowest BCUT2D eigenvalue weighted by atomic mass is 10.2. The highest BCUT2D eigenvalue weighted by molar-refractivity contribution is 5.66. The molecule has 2 aromatic rings. The fourth-order valence-corrected chi connectivity index (χ4v) is 2.20. The third-order valence-electron chi connectivity index (χ3n) is 3.17. The summed E-state index contributed by atoms with van der Waals surface area (Å²) in [5.74, 6) is 0. The summed E-state index contributed by atoms with van der Waals surface area (Å²) in [6.45, 7) is 7.98. The minimum Gasteiger partial charge on any atom is -0.397 e. The molecule has 0 aliphatic heterocycles. The van der Waals surface area contributed by atoms with Crippen LogP contribution in [0.25, 0.3) is 0 Å². The van der Waals surface area contributed by atoms with Gasteiger partial charge in [0.15, 0.2) is 0 Å². The van der Waals surface area contributed by atoms with Crippen molar-refractivity contribution >= 4 is 11.4 Å². The van der Waals surface area contributed by atoms with E-state index in [1.807, 2.05) is 26.0 Å². The summed E-state index contributed by atoms with van der Waals surface area (Å²) in [5, 5.41) is 7.82. The van der Waals surface area contributed by atoms with Gasteiger partial charge in [0.25, 0.3) is 0 Å². The lowest BCUT2D eigenvalue weighted by molar-refractivity contribution is 0.574. The molecule has 0 aliphatic carbocycles. The second-order valence-corrected chi connectivity index (χ2v) is 5.02. The van der Waals surface area contributed by atoms with Crippen LogP contribution in [0.4, 0.5) is 11.4 Å². The van der Waals surface area contributed by atoms with E-state index in [4.69, 9.17) is 5.73 Å². The SMILES string of the molecule is Cc1ccc(NCCCn2nc(C)cc2C)c(N)c1. The van der Waals surface area contributed by atoms with Gasteiger partial charge in [-0.2, -0.15) is 5.10 Å². The average molecular weight is 258 g/mol. The molecule has 3 N–H and O–H groups in total. The summed E-state index contributed by atoms with van der Waals surface area (Å²) < 4.78 is 2.05. The highest BCUT2D eigenvalue weighted by Gasteiger charge is 2.01. The predicted molar refractivity (Wildman–Crippen MR) is 80.4 cm³/mol. The molecule has 0 saturated carbocycles. The molecule has 102 valence electrons. The molecule has 4 nitrogen and oxygen atoms in total. The number of aromatic nitrogens is 2. The molecule has 0 saturated heterocycles. The van der Waals surface area contributed by atoms with E-state index in [9.17, 15) is 0 Å². The molecule has 2 rings (SSSR count). The molecular weight excluding hydrogens is 236 g/mol. The first-order chi connectivity index (χ1) is 9.06. The van der Waals surface area contributed by atoms with Crippen LogP contribution in [-0.4, -0.2) is 16.3 Å². The van der Waals surface area contributed by atoms with Crippen LogP contribution >= 0.6 is 0 Å². The maximum atomic E-state index is 5.96. The Bertz CT molecular complexity index is 557. The van der Waals surface area contributed by atoms with Gasteiger partial charge in [0.05, 0.1) is 17.1 Å². The van der Waals surface area contributed by atoms with Gasteiger partial charge in [-0.3, -0.25) is 4.68 Å². The number of anilines is 2. The Morgan fingerprint density at radius 3 is 2.63 bits per heavy atom. The van der Waals surface area contributed by atoms with E-state index in [2.05, 4.69) is 34.2 Å². The van der Waals surface area contributed by atoms with Crippen molar-refractivity contribution in [2.75, 3.05) is 17.6 Å². The molecule has 0 atom stereocenters. The van der Waals surface area contributed by atoms with Crippen LogP contribution in [0.2, 0.25) is 0 Å². The van der Waals surface area contributed by atoms with Crippen molar-refractivity contribution in [1.82, 2.24) is 9.78 Å². The highest BCUT2D eigenvalue weighted by Crippen LogP contribution is 2.19. The standard InChI is InChI=1S/C15H22N4/c1-11-5-6-15(14(16)9-11)17-7-4-8-19-13(3)10-12(2)18-19/h5-6,9-10,17H,4,7-8,16H2,1-3H3. The third-order valence-corrected chi connectivity index (χ3v) is 3.17. The van der Waals surface area contributed by atoms with Crippen LogP contribution in [0.1, 0.15) is 23.4 Å². The smallest absolute Gasteiger partial charge is 0.0596 e. The molecule has 0 radical (unpaired) electrons. The lowest BCUT2D eigenvalue weighted by Crippen LogP contribution is -2.09. The number of hydrogen-bond donors (Lipinski definition) is 2. The summed E-state index contributed by atoms with van der Waals surface area (Å²) in [6, 6.07) is 8.20. The lowest BCUT2D eigenvalue weighted by Gasteiger charge is -2.10. The zero-order valence-electron chi connectivity index (χ0n) is 11.9. The summed E-state index contributed by atoms with van der Waals surface area (Å²) in [5.41, 5.74) is 11.3. The van der Waals surface area contributed by atoms with E-state index in [-0.39, 0.29) is 0 Å². The van der Waals surface area contributed by atoms with Crippen LogP contribution < -0.4 is 11.1 Å². The van der Waals surface area contributed by atoms with Gasteiger partial charge in [0, 0.05) is 18.8 Å². The average Bonchev–Trinajstić information content (AvgIpc) is 2.65. The van der Waals surface area contributed by atoms with Crippen LogP contribution in [-0.2, 0) is 6.54 Å². The molecule has 0 fully saturated rings. The second-order valence-electron chi connectivity index (χ2n) is 5.02. The van der Waals surface area contributed by atoms with E-state index >= 15 is 0 Å². The largest absolute Gasteiger partial charge is 0.397 e. The number of rotatable bonds is 5. The molecule has 4 heteroatoms. The minimum absolute atomic E-state index is 0.811. The number of nitrogens with one attached hydrogen (secondary N) is 1. The number of nitrogens with two attached hydrogens (primary N) is 1. The molecule has 1 aromatic heterocycles. The fourth-order valence-electron chi connectivity index (χ4n) is 2.20. The quantitative estimate of drug-likeness (QED) is 0.640. The summed E-state index contributed by atoms with van der Waals surface area (Å²) in [6.07, 6.45) is 1.02. The number of hydrogen-bond acceptors (Lipinski definition) is 3. The monoisotopic (exact) mass is 258 g/mol. The minimum atomic E-state index is 0.811. The van der Waals surface area contributed by atoms with Crippen molar-refractivity contribution in [2.24, 2.45) is 0 Å². The first kappa shape index (κ1) is 13.5. The molecule has 0 bridgehead atoms.